The van der Waals surface area contributed by atoms with Crippen molar-refractivity contribution in [2.45, 2.75) is 45.2 Å². The van der Waals surface area contributed by atoms with Gasteiger partial charge in [-0.3, -0.25) is 9.20 Å². The number of fused-ring (bicyclic) bond motifs is 1. The molecule has 2 amide bonds. The number of rotatable bonds is 2. The minimum atomic E-state index is -0.361. The number of aromatic nitrogens is 4. The highest BCUT2D eigenvalue weighted by Crippen LogP contribution is 2.42. The quantitative estimate of drug-likeness (QED) is 0.407. The number of amides is 2. The van der Waals surface area contributed by atoms with Gasteiger partial charge in [-0.1, -0.05) is 0 Å². The van der Waals surface area contributed by atoms with Crippen molar-refractivity contribution < 1.29 is 14.0 Å². The Hall–Kier alpha value is -4.01. The summed E-state index contributed by atoms with van der Waals surface area (Å²) in [6.45, 7) is 3.04. The lowest BCUT2D eigenvalue weighted by Crippen LogP contribution is -2.45. The number of hydrogen-bond acceptors (Lipinski definition) is 4. The summed E-state index contributed by atoms with van der Waals surface area (Å²) in [6, 6.07) is 4.93. The van der Waals surface area contributed by atoms with Crippen molar-refractivity contribution >= 4 is 39.6 Å². The van der Waals surface area contributed by atoms with Gasteiger partial charge < -0.3 is 14.4 Å². The van der Waals surface area contributed by atoms with Crippen LogP contribution in [0, 0.1) is 5.82 Å². The molecule has 5 heterocycles. The van der Waals surface area contributed by atoms with Gasteiger partial charge in [-0.25, -0.2) is 19.2 Å². The fraction of sp³-hybridized carbons (Fsp3) is 0.357. The number of halogens is 1. The molecule has 2 aliphatic heterocycles. The van der Waals surface area contributed by atoms with E-state index in [1.807, 2.05) is 32.7 Å². The van der Waals surface area contributed by atoms with Crippen molar-refractivity contribution in [1.29, 1.82) is 0 Å². The molecule has 1 aliphatic carbocycles. The van der Waals surface area contributed by atoms with Crippen LogP contribution in [0.5, 0.6) is 0 Å². The van der Waals surface area contributed by atoms with Crippen LogP contribution in [0.25, 0.3) is 27.8 Å². The van der Waals surface area contributed by atoms with Crippen LogP contribution in [0.15, 0.2) is 43.0 Å². The van der Waals surface area contributed by atoms with Gasteiger partial charge in [-0.15, -0.1) is 0 Å². The lowest BCUT2D eigenvalue weighted by molar-refractivity contribution is -0.113. The van der Waals surface area contributed by atoms with Gasteiger partial charge in [0.25, 0.3) is 0 Å². The standard InChI is InChI=1S/C28H27FN6O2/c29-19-13-18-16-34(28(37)32-8-2-1-3-9-32)12-11-33-17-22(21(14-19)26(18)33)25-20(5-6-24(25)36)23-15-31-27-30-7-4-10-35(23)27/h4,7,10,13-15,17H,1-3,5-6,8-9,11-12,16H2. The molecule has 3 aromatic heterocycles. The van der Waals surface area contributed by atoms with Crippen LogP contribution in [0.2, 0.25) is 0 Å². The summed E-state index contributed by atoms with van der Waals surface area (Å²) in [6.07, 6.45) is 11.5. The van der Waals surface area contributed by atoms with Crippen molar-refractivity contribution in [3.63, 3.8) is 0 Å². The lowest BCUT2D eigenvalue weighted by atomic mass is 9.98. The molecule has 0 atom stereocenters. The summed E-state index contributed by atoms with van der Waals surface area (Å²) in [7, 11) is 0. The maximum absolute atomic E-state index is 15.0. The predicted molar refractivity (Wildman–Crippen MR) is 137 cm³/mol. The Kier molecular flexibility index (Phi) is 5.12. The van der Waals surface area contributed by atoms with E-state index in [-0.39, 0.29) is 17.6 Å². The summed E-state index contributed by atoms with van der Waals surface area (Å²) in [5.41, 5.74) is 4.81. The first-order valence-corrected chi connectivity index (χ1v) is 13.0. The third-order valence-corrected chi connectivity index (χ3v) is 7.93. The van der Waals surface area contributed by atoms with Gasteiger partial charge >= 0.3 is 6.03 Å². The number of urea groups is 1. The van der Waals surface area contributed by atoms with Crippen molar-refractivity contribution in [3.8, 4) is 0 Å². The van der Waals surface area contributed by atoms with Gasteiger partial charge in [0.15, 0.2) is 5.78 Å². The number of carbonyl (C=O) groups excluding carboxylic acids is 2. The van der Waals surface area contributed by atoms with E-state index in [0.717, 1.165) is 65.6 Å². The number of hydrogen-bond donors (Lipinski definition) is 0. The molecule has 0 unspecified atom stereocenters. The molecule has 37 heavy (non-hydrogen) atoms. The van der Waals surface area contributed by atoms with E-state index in [1.54, 1.807) is 12.4 Å². The number of nitrogens with zero attached hydrogens (tertiary/aromatic N) is 6. The predicted octanol–water partition coefficient (Wildman–Crippen LogP) is 4.52. The summed E-state index contributed by atoms with van der Waals surface area (Å²) >= 11 is 0. The molecule has 1 aromatic carbocycles. The number of allylic oxidation sites excluding steroid dienone is 2. The van der Waals surface area contributed by atoms with E-state index in [9.17, 15) is 9.59 Å². The molecule has 0 spiro atoms. The third kappa shape index (κ3) is 3.55. The third-order valence-electron chi connectivity index (χ3n) is 7.93. The monoisotopic (exact) mass is 498 g/mol. The molecule has 4 aromatic rings. The molecule has 188 valence electrons. The number of imidazole rings is 1. The van der Waals surface area contributed by atoms with Gasteiger partial charge in [0.05, 0.1) is 17.4 Å². The van der Waals surface area contributed by atoms with E-state index in [1.165, 1.54) is 12.1 Å². The number of piperidine rings is 1. The summed E-state index contributed by atoms with van der Waals surface area (Å²) < 4.78 is 19.0. The van der Waals surface area contributed by atoms with Crippen molar-refractivity contribution in [2.75, 3.05) is 19.6 Å². The normalized spacial score (nSPS) is 18.4. The maximum Gasteiger partial charge on any atom is 0.320 e. The molecule has 8 nitrogen and oxygen atoms in total. The highest BCUT2D eigenvalue weighted by atomic mass is 19.1. The van der Waals surface area contributed by atoms with Crippen LogP contribution in [0.1, 0.15) is 48.9 Å². The van der Waals surface area contributed by atoms with Crippen LogP contribution < -0.4 is 0 Å². The Morgan fingerprint density at radius 2 is 1.84 bits per heavy atom. The van der Waals surface area contributed by atoms with Crippen LogP contribution in [0.4, 0.5) is 9.18 Å². The van der Waals surface area contributed by atoms with E-state index in [2.05, 4.69) is 14.5 Å². The molecule has 0 radical (unpaired) electrons. The average Bonchev–Trinajstić information content (AvgIpc) is 3.57. The number of likely N-dealkylation sites (tertiary alicyclic amines) is 1. The van der Waals surface area contributed by atoms with E-state index in [0.29, 0.717) is 43.8 Å². The Bertz CT molecular complexity index is 1610. The smallest absolute Gasteiger partial charge is 0.320 e. The molecule has 0 saturated carbocycles. The largest absolute Gasteiger partial charge is 0.345 e. The van der Waals surface area contributed by atoms with Crippen LogP contribution in [-0.4, -0.2) is 60.2 Å². The minimum absolute atomic E-state index is 0.0280. The van der Waals surface area contributed by atoms with E-state index >= 15 is 4.39 Å². The van der Waals surface area contributed by atoms with Crippen LogP contribution in [0.3, 0.4) is 0 Å². The molecular formula is C28H27FN6O2. The first kappa shape index (κ1) is 22.2. The van der Waals surface area contributed by atoms with Gasteiger partial charge in [0.2, 0.25) is 5.78 Å². The summed E-state index contributed by atoms with van der Waals surface area (Å²) in [4.78, 5) is 39.0. The van der Waals surface area contributed by atoms with E-state index in [4.69, 9.17) is 0 Å². The van der Waals surface area contributed by atoms with Gasteiger partial charge in [0.1, 0.15) is 5.82 Å². The molecule has 0 N–H and O–H groups in total. The Balaban J connectivity index is 1.34. The second-order valence-corrected chi connectivity index (χ2v) is 10.2. The first-order valence-electron chi connectivity index (χ1n) is 13.0. The molecule has 0 bridgehead atoms. The second kappa shape index (κ2) is 8.54. The highest BCUT2D eigenvalue weighted by Gasteiger charge is 2.32. The number of Topliss-reactive ketones (excluding diaryl/α,β-unsaturated/α-hetero) is 1. The highest BCUT2D eigenvalue weighted by molar-refractivity contribution is 6.33. The summed E-state index contributed by atoms with van der Waals surface area (Å²) in [5.74, 6) is 0.269. The fourth-order valence-corrected chi connectivity index (χ4v) is 6.22. The van der Waals surface area contributed by atoms with Crippen LogP contribution in [-0.2, 0) is 17.9 Å². The van der Waals surface area contributed by atoms with Crippen molar-refractivity contribution in [3.05, 3.63) is 65.6 Å². The zero-order valence-electron chi connectivity index (χ0n) is 20.5. The molecule has 1 fully saturated rings. The van der Waals surface area contributed by atoms with Gasteiger partial charge in [-0.05, 0) is 55.0 Å². The zero-order chi connectivity index (χ0) is 25.1. The number of carbonyl (C=O) groups is 2. The average molecular weight is 499 g/mol. The molecule has 3 aliphatic rings. The topological polar surface area (TPSA) is 75.7 Å². The lowest BCUT2D eigenvalue weighted by Gasteiger charge is -2.32. The molecule has 1 saturated heterocycles. The fourth-order valence-electron chi connectivity index (χ4n) is 6.22. The molecule has 9 heteroatoms. The van der Waals surface area contributed by atoms with Gasteiger partial charge in [0, 0.05) is 74.3 Å². The molecule has 7 rings (SSSR count). The number of benzene rings is 1. The van der Waals surface area contributed by atoms with Crippen molar-refractivity contribution in [2.24, 2.45) is 0 Å². The summed E-state index contributed by atoms with van der Waals surface area (Å²) in [5, 5.41) is 0.719. The maximum atomic E-state index is 15.0. The number of ketones is 1. The van der Waals surface area contributed by atoms with Crippen molar-refractivity contribution in [1.82, 2.24) is 28.7 Å². The van der Waals surface area contributed by atoms with Crippen LogP contribution >= 0.6 is 0 Å². The molecular weight excluding hydrogens is 471 g/mol. The zero-order valence-corrected chi connectivity index (χ0v) is 20.5. The first-order chi connectivity index (χ1) is 18.1. The van der Waals surface area contributed by atoms with Gasteiger partial charge in [-0.2, -0.15) is 0 Å². The Morgan fingerprint density at radius 1 is 0.973 bits per heavy atom. The Morgan fingerprint density at radius 3 is 2.70 bits per heavy atom. The minimum Gasteiger partial charge on any atom is -0.345 e. The van der Waals surface area contributed by atoms with E-state index < -0.39 is 0 Å². The SMILES string of the molecule is O=C1CCC(c2cnc3ncccn23)=C1c1cn2c3c(cc(F)cc13)CN(C(=O)N1CCCCC1)CC2. The Labute approximate surface area is 213 Å². The second-order valence-electron chi connectivity index (χ2n) is 10.2.